The van der Waals surface area contributed by atoms with E-state index in [4.69, 9.17) is 8.83 Å². The number of carbonyl (C=O) groups is 2. The highest BCUT2D eigenvalue weighted by atomic mass is 16.4. The number of nitrogens with one attached hydrogen (secondary N) is 1. The molecule has 0 radical (unpaired) electrons. The van der Waals surface area contributed by atoms with Gasteiger partial charge in [-0.2, -0.15) is 5.10 Å². The normalized spacial score (nSPS) is 16.4. The summed E-state index contributed by atoms with van der Waals surface area (Å²) in [6.07, 6.45) is 4.13. The molecule has 1 N–H and O–H groups in total. The highest BCUT2D eigenvalue weighted by molar-refractivity contribution is 6.06. The van der Waals surface area contributed by atoms with Crippen LogP contribution in [-0.4, -0.2) is 48.6 Å². The van der Waals surface area contributed by atoms with Gasteiger partial charge in [0.1, 0.15) is 11.3 Å². The fraction of sp³-hybridized carbons (Fsp3) is 0.344. The lowest BCUT2D eigenvalue weighted by Gasteiger charge is -2.35. The molecule has 40 heavy (non-hydrogen) atoms. The van der Waals surface area contributed by atoms with Crippen molar-refractivity contribution in [2.45, 2.75) is 46.5 Å². The van der Waals surface area contributed by atoms with Crippen LogP contribution in [0.25, 0.3) is 11.0 Å². The maximum atomic E-state index is 13.5. The van der Waals surface area contributed by atoms with Crippen molar-refractivity contribution in [2.75, 3.05) is 31.1 Å². The van der Waals surface area contributed by atoms with Crippen molar-refractivity contribution in [3.8, 4) is 0 Å². The third-order valence-corrected chi connectivity index (χ3v) is 8.22. The van der Waals surface area contributed by atoms with Gasteiger partial charge in [-0.05, 0) is 56.9 Å². The number of rotatable bonds is 5. The number of hydrazone groups is 1. The number of anilines is 1. The van der Waals surface area contributed by atoms with Gasteiger partial charge in [0.05, 0.1) is 18.4 Å². The molecule has 1 aliphatic heterocycles. The SMILES string of the molecule is Cc1ccc2c(CC(=O)N/N=C3\CCCc4oc(C(=O)N5CCN(c6ccccc6)CC5)c(C)c43)coc2c1C. The van der Waals surface area contributed by atoms with Gasteiger partial charge < -0.3 is 18.6 Å². The van der Waals surface area contributed by atoms with Crippen molar-refractivity contribution in [1.29, 1.82) is 0 Å². The van der Waals surface area contributed by atoms with Gasteiger partial charge in [0.25, 0.3) is 5.91 Å². The van der Waals surface area contributed by atoms with Gasteiger partial charge in [0.15, 0.2) is 5.76 Å². The number of benzene rings is 2. The van der Waals surface area contributed by atoms with Crippen LogP contribution < -0.4 is 10.3 Å². The number of nitrogens with zero attached hydrogens (tertiary/aromatic N) is 3. The fourth-order valence-corrected chi connectivity index (χ4v) is 5.80. The van der Waals surface area contributed by atoms with Crippen molar-refractivity contribution < 1.29 is 18.4 Å². The maximum absolute atomic E-state index is 13.5. The van der Waals surface area contributed by atoms with Crippen LogP contribution in [0, 0.1) is 20.8 Å². The van der Waals surface area contributed by atoms with E-state index in [0.717, 1.165) is 76.2 Å². The van der Waals surface area contributed by atoms with Crippen molar-refractivity contribution in [1.82, 2.24) is 10.3 Å². The molecular formula is C32H34N4O4. The van der Waals surface area contributed by atoms with E-state index < -0.39 is 0 Å². The van der Waals surface area contributed by atoms with E-state index in [9.17, 15) is 9.59 Å². The third-order valence-electron chi connectivity index (χ3n) is 8.22. The molecule has 2 aromatic carbocycles. The summed E-state index contributed by atoms with van der Waals surface area (Å²) in [5.41, 5.74) is 10.2. The quantitative estimate of drug-likeness (QED) is 0.348. The number of hydrogen-bond acceptors (Lipinski definition) is 6. The van der Waals surface area contributed by atoms with E-state index in [1.165, 1.54) is 5.69 Å². The molecular weight excluding hydrogens is 504 g/mol. The maximum Gasteiger partial charge on any atom is 0.289 e. The van der Waals surface area contributed by atoms with Crippen molar-refractivity contribution in [3.05, 3.63) is 88.1 Å². The summed E-state index contributed by atoms with van der Waals surface area (Å²) in [5.74, 6) is 0.860. The van der Waals surface area contributed by atoms with Crippen LogP contribution >= 0.6 is 0 Å². The Morgan fingerprint density at radius 2 is 1.73 bits per heavy atom. The third kappa shape index (κ3) is 4.78. The van der Waals surface area contributed by atoms with E-state index in [0.29, 0.717) is 25.3 Å². The number of fused-ring (bicyclic) bond motifs is 2. The molecule has 0 bridgehead atoms. The zero-order chi connectivity index (χ0) is 27.8. The molecule has 2 amide bonds. The lowest BCUT2D eigenvalue weighted by molar-refractivity contribution is -0.120. The second-order valence-corrected chi connectivity index (χ2v) is 10.7. The minimum atomic E-state index is -0.214. The van der Waals surface area contributed by atoms with Crippen LogP contribution in [0.3, 0.4) is 0 Å². The van der Waals surface area contributed by atoms with Gasteiger partial charge in [0, 0.05) is 60.4 Å². The number of amides is 2. The summed E-state index contributed by atoms with van der Waals surface area (Å²) < 4.78 is 11.9. The average molecular weight is 539 g/mol. The van der Waals surface area contributed by atoms with E-state index >= 15 is 0 Å². The Bertz CT molecular complexity index is 1610. The first-order chi connectivity index (χ1) is 19.4. The van der Waals surface area contributed by atoms with Gasteiger partial charge in [-0.15, -0.1) is 0 Å². The van der Waals surface area contributed by atoms with Crippen LogP contribution in [0.5, 0.6) is 0 Å². The van der Waals surface area contributed by atoms with Crippen LogP contribution in [0.15, 0.2) is 62.7 Å². The summed E-state index contributed by atoms with van der Waals surface area (Å²) in [7, 11) is 0. The summed E-state index contributed by atoms with van der Waals surface area (Å²) in [5, 5.41) is 5.45. The van der Waals surface area contributed by atoms with E-state index in [-0.39, 0.29) is 18.2 Å². The Kier molecular flexibility index (Phi) is 6.92. The molecule has 8 heteroatoms. The molecule has 1 aliphatic carbocycles. The molecule has 0 saturated carbocycles. The Morgan fingerprint density at radius 1 is 0.950 bits per heavy atom. The lowest BCUT2D eigenvalue weighted by Crippen LogP contribution is -2.48. The van der Waals surface area contributed by atoms with E-state index in [1.54, 1.807) is 6.26 Å². The largest absolute Gasteiger partial charge is 0.464 e. The Labute approximate surface area is 233 Å². The number of carbonyl (C=O) groups excluding carboxylic acids is 2. The van der Waals surface area contributed by atoms with Gasteiger partial charge in [-0.25, -0.2) is 5.43 Å². The number of piperazine rings is 1. The lowest BCUT2D eigenvalue weighted by atomic mass is 9.93. The Balaban J connectivity index is 1.14. The van der Waals surface area contributed by atoms with Crippen molar-refractivity contribution in [3.63, 3.8) is 0 Å². The number of furan rings is 2. The predicted octanol–water partition coefficient (Wildman–Crippen LogP) is 5.31. The Hall–Kier alpha value is -4.33. The van der Waals surface area contributed by atoms with E-state index in [2.05, 4.69) is 27.6 Å². The molecule has 4 aromatic rings. The first-order valence-electron chi connectivity index (χ1n) is 13.9. The van der Waals surface area contributed by atoms with Crippen molar-refractivity contribution >= 4 is 34.2 Å². The number of hydrogen-bond donors (Lipinski definition) is 1. The van der Waals surface area contributed by atoms with Crippen LogP contribution in [0.2, 0.25) is 0 Å². The molecule has 206 valence electrons. The van der Waals surface area contributed by atoms with Gasteiger partial charge in [0.2, 0.25) is 5.91 Å². The molecule has 0 atom stereocenters. The number of para-hydroxylation sites is 1. The zero-order valence-corrected chi connectivity index (χ0v) is 23.3. The minimum absolute atomic E-state index is 0.0830. The fourth-order valence-electron chi connectivity index (χ4n) is 5.80. The van der Waals surface area contributed by atoms with Crippen LogP contribution in [0.4, 0.5) is 5.69 Å². The molecule has 0 unspecified atom stereocenters. The molecule has 6 rings (SSSR count). The molecule has 0 spiro atoms. The first-order valence-corrected chi connectivity index (χ1v) is 13.9. The second kappa shape index (κ2) is 10.7. The van der Waals surface area contributed by atoms with Gasteiger partial charge >= 0.3 is 0 Å². The molecule has 3 heterocycles. The predicted molar refractivity (Wildman–Crippen MR) is 155 cm³/mol. The minimum Gasteiger partial charge on any atom is -0.464 e. The molecule has 2 aromatic heterocycles. The van der Waals surface area contributed by atoms with Gasteiger partial charge in [-0.1, -0.05) is 30.3 Å². The summed E-state index contributed by atoms with van der Waals surface area (Å²) >= 11 is 0. The molecule has 2 aliphatic rings. The molecule has 1 fully saturated rings. The summed E-state index contributed by atoms with van der Waals surface area (Å²) in [6.45, 7) is 8.81. The van der Waals surface area contributed by atoms with E-state index in [1.807, 2.05) is 56.0 Å². The monoisotopic (exact) mass is 538 g/mol. The topological polar surface area (TPSA) is 91.3 Å². The van der Waals surface area contributed by atoms with Crippen LogP contribution in [0.1, 0.15) is 57.0 Å². The Morgan fingerprint density at radius 3 is 2.50 bits per heavy atom. The first kappa shape index (κ1) is 25.9. The standard InChI is InChI=1S/C32H34N4O4/c1-20-12-13-25-23(19-39-30(25)21(20)2)18-28(37)34-33-26-10-7-11-27-29(26)22(3)31(40-27)32(38)36-16-14-35(15-17-36)24-8-5-4-6-9-24/h4-6,8-9,12-13,19H,7,10-11,14-18H2,1-3H3,(H,34,37)/b33-26+. The highest BCUT2D eigenvalue weighted by Crippen LogP contribution is 2.31. The second-order valence-electron chi connectivity index (χ2n) is 10.7. The van der Waals surface area contributed by atoms with Crippen molar-refractivity contribution in [2.24, 2.45) is 5.10 Å². The summed E-state index contributed by atoms with van der Waals surface area (Å²) in [6, 6.07) is 14.3. The average Bonchev–Trinajstić information content (AvgIpc) is 3.55. The smallest absolute Gasteiger partial charge is 0.289 e. The van der Waals surface area contributed by atoms with Crippen LogP contribution in [-0.2, 0) is 17.6 Å². The van der Waals surface area contributed by atoms with Gasteiger partial charge in [-0.3, -0.25) is 9.59 Å². The molecule has 1 saturated heterocycles. The number of aryl methyl sites for hydroxylation is 3. The zero-order valence-electron chi connectivity index (χ0n) is 23.3. The summed E-state index contributed by atoms with van der Waals surface area (Å²) in [4.78, 5) is 30.5. The molecule has 8 nitrogen and oxygen atoms in total. The highest BCUT2D eigenvalue weighted by Gasteiger charge is 2.31.